The Kier molecular flexibility index (Phi) is 7.75. The maximum absolute atomic E-state index is 13.6. The zero-order valence-corrected chi connectivity index (χ0v) is 24.2. The van der Waals surface area contributed by atoms with Crippen LogP contribution in [0.2, 0.25) is 10.0 Å². The van der Waals surface area contributed by atoms with Crippen LogP contribution in [-0.4, -0.2) is 24.2 Å². The van der Waals surface area contributed by atoms with Gasteiger partial charge in [-0.15, -0.1) is 0 Å². The van der Waals surface area contributed by atoms with Gasteiger partial charge in [0, 0.05) is 21.2 Å². The first-order valence-electron chi connectivity index (χ1n) is 13.1. The number of carbonyl (C=O) groups is 2. The Bertz CT molecular complexity index is 1490. The minimum Gasteiger partial charge on any atom is -0.495 e. The third kappa shape index (κ3) is 5.26. The lowest BCUT2D eigenvalue weighted by Gasteiger charge is -2.25. The number of esters is 2. The number of fused-ring (bicyclic) bond motifs is 2. The van der Waals surface area contributed by atoms with E-state index in [-0.39, 0.29) is 41.1 Å². The fourth-order valence-electron chi connectivity index (χ4n) is 5.14. The normalized spacial score (nSPS) is 16.1. The van der Waals surface area contributed by atoms with E-state index in [1.54, 1.807) is 36.4 Å². The lowest BCUT2D eigenvalue weighted by Crippen LogP contribution is -2.26. The number of cyclic esters (lactones) is 1. The van der Waals surface area contributed by atoms with E-state index in [2.05, 4.69) is 0 Å². The van der Waals surface area contributed by atoms with Crippen LogP contribution in [0.4, 0.5) is 0 Å². The number of aryl methyl sites for hydroxylation is 1. The number of methoxy groups -OCH3 is 1. The van der Waals surface area contributed by atoms with Crippen molar-refractivity contribution in [3.05, 3.63) is 80.3 Å². The predicted octanol–water partition coefficient (Wildman–Crippen LogP) is 7.49. The van der Waals surface area contributed by atoms with Crippen LogP contribution < -0.4 is 14.2 Å². The van der Waals surface area contributed by atoms with Gasteiger partial charge in [-0.3, -0.25) is 4.79 Å². The maximum Gasteiger partial charge on any atom is 0.346 e. The van der Waals surface area contributed by atoms with Gasteiger partial charge >= 0.3 is 11.9 Å². The molecule has 0 amide bonds. The third-order valence-corrected chi connectivity index (χ3v) is 7.80. The van der Waals surface area contributed by atoms with Crippen LogP contribution in [0.3, 0.4) is 0 Å². The molecule has 3 aromatic rings. The maximum atomic E-state index is 13.6. The van der Waals surface area contributed by atoms with Gasteiger partial charge in [-0.1, -0.05) is 43.1 Å². The summed E-state index contributed by atoms with van der Waals surface area (Å²) < 4.78 is 23.5. The predicted molar refractivity (Wildman–Crippen MR) is 151 cm³/mol. The Hall–Kier alpha value is -3.26. The summed E-state index contributed by atoms with van der Waals surface area (Å²) >= 11 is 12.5. The number of rotatable bonds is 7. The molecule has 3 aromatic carbocycles. The number of ether oxygens (including phenoxy) is 4. The number of benzene rings is 3. The summed E-state index contributed by atoms with van der Waals surface area (Å²) in [5, 5.41) is 11.7. The Morgan fingerprint density at radius 1 is 1.12 bits per heavy atom. The first-order chi connectivity index (χ1) is 19.0. The van der Waals surface area contributed by atoms with Crippen LogP contribution in [0, 0.1) is 12.8 Å². The topological polar surface area (TPSA) is 91.3 Å². The van der Waals surface area contributed by atoms with Crippen LogP contribution >= 0.6 is 23.2 Å². The van der Waals surface area contributed by atoms with Crippen molar-refractivity contribution in [3.8, 4) is 23.0 Å². The number of aliphatic hydroxyl groups is 1. The van der Waals surface area contributed by atoms with Crippen LogP contribution in [0.25, 0.3) is 0 Å². The smallest absolute Gasteiger partial charge is 0.346 e. The van der Waals surface area contributed by atoms with E-state index in [9.17, 15) is 14.7 Å². The molecule has 1 N–H and O–H groups in total. The second kappa shape index (κ2) is 11.0. The highest BCUT2D eigenvalue weighted by Crippen LogP contribution is 2.53. The SMILES string of the molecule is COc1c([C@@H](O)CC(C)C)ccc2c1C(=O)OCc1cc(C)cc(OC(=O)C3(c4ccc(Cl)cc4Cl)CC3)c1O2. The molecule has 0 unspecified atom stereocenters. The Balaban J connectivity index is 1.54. The van der Waals surface area contributed by atoms with Crippen molar-refractivity contribution >= 4 is 35.1 Å². The van der Waals surface area contributed by atoms with Crippen molar-refractivity contribution in [1.82, 2.24) is 0 Å². The molecule has 40 heavy (non-hydrogen) atoms. The molecule has 1 aliphatic carbocycles. The fraction of sp³-hybridized carbons (Fsp3) is 0.355. The molecule has 2 aliphatic rings. The van der Waals surface area contributed by atoms with Gasteiger partial charge in [0.2, 0.25) is 0 Å². The Morgan fingerprint density at radius 2 is 1.88 bits per heavy atom. The van der Waals surface area contributed by atoms with Crippen molar-refractivity contribution < 1.29 is 33.6 Å². The lowest BCUT2D eigenvalue weighted by atomic mass is 9.96. The summed E-state index contributed by atoms with van der Waals surface area (Å²) in [7, 11) is 1.43. The van der Waals surface area contributed by atoms with Crippen molar-refractivity contribution in [1.29, 1.82) is 0 Å². The molecule has 0 spiro atoms. The van der Waals surface area contributed by atoms with Gasteiger partial charge in [0.1, 0.15) is 23.7 Å². The van der Waals surface area contributed by atoms with E-state index >= 15 is 0 Å². The number of halogens is 2. The summed E-state index contributed by atoms with van der Waals surface area (Å²) in [6.07, 6.45) is 0.800. The average Bonchev–Trinajstić information content (AvgIpc) is 3.69. The third-order valence-electron chi connectivity index (χ3n) is 7.25. The van der Waals surface area contributed by atoms with Gasteiger partial charge in [0.25, 0.3) is 0 Å². The largest absolute Gasteiger partial charge is 0.495 e. The Labute approximate surface area is 242 Å². The number of hydrogen-bond acceptors (Lipinski definition) is 7. The molecule has 1 saturated carbocycles. The molecular formula is C31H30Cl2O7. The first-order valence-corrected chi connectivity index (χ1v) is 13.8. The molecule has 210 valence electrons. The van der Waals surface area contributed by atoms with Crippen LogP contribution in [-0.2, 0) is 21.6 Å². The van der Waals surface area contributed by atoms with E-state index in [4.69, 9.17) is 42.1 Å². The second-order valence-electron chi connectivity index (χ2n) is 10.7. The summed E-state index contributed by atoms with van der Waals surface area (Å²) in [5.41, 5.74) is 1.63. The van der Waals surface area contributed by atoms with Gasteiger partial charge < -0.3 is 24.1 Å². The molecule has 0 aromatic heterocycles. The van der Waals surface area contributed by atoms with Crippen molar-refractivity contribution in [2.24, 2.45) is 5.92 Å². The number of hydrogen-bond donors (Lipinski definition) is 1. The van der Waals surface area contributed by atoms with Crippen LogP contribution in [0.5, 0.6) is 23.0 Å². The van der Waals surface area contributed by atoms with E-state index < -0.39 is 23.5 Å². The number of carbonyl (C=O) groups excluding carboxylic acids is 2. The molecule has 7 nitrogen and oxygen atoms in total. The van der Waals surface area contributed by atoms with Gasteiger partial charge in [0.15, 0.2) is 11.5 Å². The van der Waals surface area contributed by atoms with Crippen molar-refractivity contribution in [2.45, 2.75) is 58.2 Å². The Morgan fingerprint density at radius 3 is 2.52 bits per heavy atom. The molecule has 5 rings (SSSR count). The summed E-state index contributed by atoms with van der Waals surface area (Å²) in [6, 6.07) is 11.8. The lowest BCUT2D eigenvalue weighted by molar-refractivity contribution is -0.137. The fourth-order valence-corrected chi connectivity index (χ4v) is 5.72. The van der Waals surface area contributed by atoms with Gasteiger partial charge in [-0.05, 0) is 79.6 Å². The highest BCUT2D eigenvalue weighted by molar-refractivity contribution is 6.35. The monoisotopic (exact) mass is 584 g/mol. The highest BCUT2D eigenvalue weighted by Gasteiger charge is 2.54. The standard InChI is InChI=1S/C31H30Cl2O7/c1-16(2)11-23(34)20-6-8-24-26(28(20)37-4)29(35)38-15-18-12-17(3)13-25(27(18)39-24)40-30(36)31(9-10-31)21-7-5-19(32)14-22(21)33/h5-8,12-14,16,23,34H,9-11,15H2,1-4H3/t23-/m0/s1. The minimum atomic E-state index is -0.880. The van der Waals surface area contributed by atoms with Gasteiger partial charge in [0.05, 0.1) is 18.6 Å². The zero-order chi connectivity index (χ0) is 28.8. The van der Waals surface area contributed by atoms with E-state index in [0.29, 0.717) is 46.0 Å². The summed E-state index contributed by atoms with van der Waals surface area (Å²) in [5.74, 6) is -0.103. The van der Waals surface area contributed by atoms with Gasteiger partial charge in [-0.2, -0.15) is 0 Å². The van der Waals surface area contributed by atoms with Gasteiger partial charge in [-0.25, -0.2) is 4.79 Å². The first kappa shape index (κ1) is 28.3. The van der Waals surface area contributed by atoms with Crippen LogP contribution in [0.1, 0.15) is 71.8 Å². The van der Waals surface area contributed by atoms with Crippen LogP contribution in [0.15, 0.2) is 42.5 Å². The molecule has 0 saturated heterocycles. The van der Waals surface area contributed by atoms with E-state index in [1.807, 2.05) is 26.8 Å². The molecule has 1 atom stereocenters. The van der Waals surface area contributed by atoms with E-state index in [0.717, 1.165) is 5.56 Å². The molecular weight excluding hydrogens is 555 g/mol. The second-order valence-corrected chi connectivity index (χ2v) is 11.6. The van der Waals surface area contributed by atoms with Crippen molar-refractivity contribution in [3.63, 3.8) is 0 Å². The minimum absolute atomic E-state index is 0.0536. The molecule has 9 heteroatoms. The summed E-state index contributed by atoms with van der Waals surface area (Å²) in [6.45, 7) is 5.72. The molecule has 1 heterocycles. The molecule has 0 bridgehead atoms. The molecule has 0 radical (unpaired) electrons. The zero-order valence-electron chi connectivity index (χ0n) is 22.7. The molecule has 1 fully saturated rings. The number of aliphatic hydroxyl groups excluding tert-OH is 1. The summed E-state index contributed by atoms with van der Waals surface area (Å²) in [4.78, 5) is 26.8. The van der Waals surface area contributed by atoms with E-state index in [1.165, 1.54) is 7.11 Å². The molecule has 1 aliphatic heterocycles. The average molecular weight is 585 g/mol. The quantitative estimate of drug-likeness (QED) is 0.227. The highest BCUT2D eigenvalue weighted by atomic mass is 35.5. The van der Waals surface area contributed by atoms with Crippen molar-refractivity contribution in [2.75, 3.05) is 7.11 Å².